The molecule has 0 bridgehead atoms. The summed E-state index contributed by atoms with van der Waals surface area (Å²) in [4.78, 5) is 21.2. The maximum absolute atomic E-state index is 10.9. The monoisotopic (exact) mass is 405 g/mol. The highest BCUT2D eigenvalue weighted by molar-refractivity contribution is 5.80. The predicted octanol–water partition coefficient (Wildman–Crippen LogP) is 1.98. The fourth-order valence-electron chi connectivity index (χ4n) is 3.54. The Kier molecular flexibility index (Phi) is 4.27. The first-order valence-corrected chi connectivity index (χ1v) is 9.46. The van der Waals surface area contributed by atoms with E-state index >= 15 is 0 Å². The van der Waals surface area contributed by atoms with Gasteiger partial charge >= 0.3 is 6.09 Å². The molecule has 1 saturated heterocycles. The van der Waals surface area contributed by atoms with Gasteiger partial charge < -0.3 is 15.3 Å². The zero-order valence-corrected chi connectivity index (χ0v) is 16.2. The van der Waals surface area contributed by atoms with Gasteiger partial charge in [0.2, 0.25) is 5.95 Å². The smallest absolute Gasteiger partial charge is 0.407 e. The number of anilines is 2. The van der Waals surface area contributed by atoms with Gasteiger partial charge in [-0.05, 0) is 18.2 Å². The van der Waals surface area contributed by atoms with Crippen LogP contribution in [0.15, 0.2) is 42.7 Å². The Morgan fingerprint density at radius 2 is 2.10 bits per heavy atom. The van der Waals surface area contributed by atoms with E-state index in [1.54, 1.807) is 17.1 Å². The number of aromatic nitrogens is 7. The number of likely N-dealkylation sites (tertiary alicyclic amines) is 1. The van der Waals surface area contributed by atoms with E-state index in [4.69, 9.17) is 5.11 Å². The Morgan fingerprint density at radius 1 is 1.23 bits per heavy atom. The third-order valence-corrected chi connectivity index (χ3v) is 5.18. The predicted molar refractivity (Wildman–Crippen MR) is 108 cm³/mol. The summed E-state index contributed by atoms with van der Waals surface area (Å²) in [5, 5.41) is 24.8. The first-order valence-electron chi connectivity index (χ1n) is 9.46. The second-order valence-corrected chi connectivity index (χ2v) is 7.26. The second kappa shape index (κ2) is 7.10. The van der Waals surface area contributed by atoms with Gasteiger partial charge in [-0.3, -0.25) is 4.68 Å². The van der Waals surface area contributed by atoms with Crippen molar-refractivity contribution in [2.24, 2.45) is 13.0 Å². The molecule has 2 N–H and O–H groups in total. The van der Waals surface area contributed by atoms with E-state index in [1.165, 1.54) is 4.90 Å². The molecular formula is C19H19N9O2. The average molecular weight is 405 g/mol. The summed E-state index contributed by atoms with van der Waals surface area (Å²) in [5.74, 6) is 1.53. The van der Waals surface area contributed by atoms with Gasteiger partial charge in [0.25, 0.3) is 0 Å². The number of nitrogens with one attached hydrogen (secondary N) is 1. The van der Waals surface area contributed by atoms with E-state index in [-0.39, 0.29) is 5.92 Å². The average Bonchev–Trinajstić information content (AvgIpc) is 3.30. The minimum atomic E-state index is -0.874. The van der Waals surface area contributed by atoms with Gasteiger partial charge in [-0.15, -0.1) is 5.10 Å². The number of fused-ring (bicyclic) bond motifs is 1. The topological polar surface area (TPSA) is 127 Å². The van der Waals surface area contributed by atoms with Gasteiger partial charge in [-0.25, -0.2) is 19.4 Å². The van der Waals surface area contributed by atoms with Crippen molar-refractivity contribution in [1.29, 1.82) is 0 Å². The summed E-state index contributed by atoms with van der Waals surface area (Å²) in [6.45, 7) is 1.70. The Morgan fingerprint density at radius 3 is 2.87 bits per heavy atom. The first kappa shape index (κ1) is 18.0. The fraction of sp³-hybridized carbons (Fsp3) is 0.263. The molecule has 1 aliphatic rings. The van der Waals surface area contributed by atoms with Crippen molar-refractivity contribution in [3.8, 4) is 11.3 Å². The molecule has 1 aromatic carbocycles. The number of carbonyl (C=O) groups is 1. The van der Waals surface area contributed by atoms with Crippen LogP contribution in [0.25, 0.3) is 22.3 Å². The molecule has 4 heterocycles. The van der Waals surface area contributed by atoms with Crippen molar-refractivity contribution in [1.82, 2.24) is 39.6 Å². The molecule has 0 unspecified atom stereocenters. The molecule has 4 aromatic rings. The zero-order valence-electron chi connectivity index (χ0n) is 16.2. The second-order valence-electron chi connectivity index (χ2n) is 7.26. The van der Waals surface area contributed by atoms with E-state index in [9.17, 15) is 4.79 Å². The molecular weight excluding hydrogens is 386 g/mol. The maximum Gasteiger partial charge on any atom is 0.407 e. The number of hydrogen-bond donors (Lipinski definition) is 2. The lowest BCUT2D eigenvalue weighted by atomic mass is 10.0. The summed E-state index contributed by atoms with van der Waals surface area (Å²) in [6.07, 6.45) is 2.53. The van der Waals surface area contributed by atoms with Crippen LogP contribution < -0.4 is 5.32 Å². The van der Waals surface area contributed by atoms with Gasteiger partial charge in [0.05, 0.1) is 17.4 Å². The fourth-order valence-corrected chi connectivity index (χ4v) is 3.54. The number of hydrogen-bond acceptors (Lipinski definition) is 7. The lowest BCUT2D eigenvalue weighted by Gasteiger charge is -2.36. The van der Waals surface area contributed by atoms with Crippen molar-refractivity contribution in [3.63, 3.8) is 0 Å². The summed E-state index contributed by atoms with van der Waals surface area (Å²) >= 11 is 0. The quantitative estimate of drug-likeness (QED) is 0.516. The number of rotatable bonds is 5. The van der Waals surface area contributed by atoms with Crippen LogP contribution in [0.2, 0.25) is 0 Å². The molecule has 0 saturated carbocycles. The molecule has 0 radical (unpaired) electrons. The van der Waals surface area contributed by atoms with Gasteiger partial charge in [0.1, 0.15) is 11.3 Å². The lowest BCUT2D eigenvalue weighted by Crippen LogP contribution is -2.50. The summed E-state index contributed by atoms with van der Waals surface area (Å²) in [7, 11) is 1.84. The molecule has 0 atom stereocenters. The third kappa shape index (κ3) is 3.30. The van der Waals surface area contributed by atoms with Crippen molar-refractivity contribution >= 4 is 28.9 Å². The summed E-state index contributed by atoms with van der Waals surface area (Å²) < 4.78 is 3.54. The number of benzene rings is 1. The van der Waals surface area contributed by atoms with Crippen molar-refractivity contribution in [3.05, 3.63) is 42.7 Å². The maximum atomic E-state index is 10.9. The Bertz CT molecular complexity index is 1230. The largest absolute Gasteiger partial charge is 0.465 e. The highest BCUT2D eigenvalue weighted by Crippen LogP contribution is 2.25. The third-order valence-electron chi connectivity index (χ3n) is 5.18. The normalized spacial score (nSPS) is 14.1. The Hall–Kier alpha value is -4.02. The zero-order chi connectivity index (χ0) is 20.7. The van der Waals surface area contributed by atoms with Crippen LogP contribution in [0.1, 0.15) is 0 Å². The first-order chi connectivity index (χ1) is 14.6. The molecule has 0 spiro atoms. The number of carboxylic acid groups (broad SMARTS) is 1. The highest BCUT2D eigenvalue weighted by atomic mass is 16.4. The van der Waals surface area contributed by atoms with E-state index in [0.29, 0.717) is 25.6 Å². The highest BCUT2D eigenvalue weighted by Gasteiger charge is 2.31. The number of nitrogens with zero attached hydrogens (tertiary/aromatic N) is 8. The van der Waals surface area contributed by atoms with Crippen LogP contribution in [-0.4, -0.2) is 63.9 Å². The molecule has 30 heavy (non-hydrogen) atoms. The van der Waals surface area contributed by atoms with Gasteiger partial charge in [0, 0.05) is 50.4 Å². The molecule has 11 nitrogen and oxygen atoms in total. The van der Waals surface area contributed by atoms with E-state index in [2.05, 4.69) is 30.7 Å². The van der Waals surface area contributed by atoms with Crippen molar-refractivity contribution < 1.29 is 9.90 Å². The minimum absolute atomic E-state index is 0.258. The van der Waals surface area contributed by atoms with E-state index < -0.39 is 6.09 Å². The standard InChI is InChI=1S/C19H19N9O2/c1-26-17(5-7-21-26)23-18-20-6-4-14(22-18)13-2-3-16-15(8-13)24-25-28(16)11-12-9-27(10-12)19(29)30/h2-8,12H,9-11H2,1H3,(H,29,30)(H,20,22,23). The van der Waals surface area contributed by atoms with Crippen LogP contribution in [0.4, 0.5) is 16.6 Å². The molecule has 5 rings (SSSR count). The Balaban J connectivity index is 1.35. The lowest BCUT2D eigenvalue weighted by molar-refractivity contribution is 0.0735. The van der Waals surface area contributed by atoms with Crippen LogP contribution in [-0.2, 0) is 13.6 Å². The van der Waals surface area contributed by atoms with Crippen molar-refractivity contribution in [2.75, 3.05) is 18.4 Å². The van der Waals surface area contributed by atoms with Crippen molar-refractivity contribution in [2.45, 2.75) is 6.54 Å². The number of amides is 1. The van der Waals surface area contributed by atoms with E-state index in [0.717, 1.165) is 28.1 Å². The van der Waals surface area contributed by atoms with Gasteiger partial charge in [0.15, 0.2) is 0 Å². The Labute approximate surface area is 171 Å². The molecule has 11 heteroatoms. The molecule has 1 amide bonds. The SMILES string of the molecule is Cn1nccc1Nc1nccc(-c2ccc3c(c2)nnn3CC2CN(C(=O)O)C2)n1. The summed E-state index contributed by atoms with van der Waals surface area (Å²) in [6, 6.07) is 9.57. The molecule has 1 fully saturated rings. The van der Waals surface area contributed by atoms with Crippen LogP contribution in [0.3, 0.4) is 0 Å². The minimum Gasteiger partial charge on any atom is -0.465 e. The molecule has 152 valence electrons. The van der Waals surface area contributed by atoms with Crippen LogP contribution >= 0.6 is 0 Å². The van der Waals surface area contributed by atoms with E-state index in [1.807, 2.05) is 42.1 Å². The van der Waals surface area contributed by atoms with Gasteiger partial charge in [-0.2, -0.15) is 5.10 Å². The van der Waals surface area contributed by atoms with Crippen LogP contribution in [0, 0.1) is 5.92 Å². The number of aryl methyl sites for hydroxylation is 1. The van der Waals surface area contributed by atoms with Crippen LogP contribution in [0.5, 0.6) is 0 Å². The molecule has 3 aromatic heterocycles. The summed E-state index contributed by atoms with van der Waals surface area (Å²) in [5.41, 5.74) is 3.35. The molecule has 1 aliphatic heterocycles. The van der Waals surface area contributed by atoms with Gasteiger partial charge in [-0.1, -0.05) is 11.3 Å². The molecule has 0 aliphatic carbocycles.